The van der Waals surface area contributed by atoms with Gasteiger partial charge in [0, 0.05) is 10.8 Å². The minimum Gasteiger partial charge on any atom is -0.494 e. The average molecular weight is 176 g/mol. The summed E-state index contributed by atoms with van der Waals surface area (Å²) in [5.74, 6) is -0.144. The van der Waals surface area contributed by atoms with Crippen LogP contribution in [0.15, 0.2) is 29.1 Å². The number of H-pyrrole nitrogens is 1. The lowest BCUT2D eigenvalue weighted by molar-refractivity contribution is 0.459. The van der Waals surface area contributed by atoms with Gasteiger partial charge in [-0.25, -0.2) is 0 Å². The number of benzene rings is 1. The molecule has 0 fully saturated rings. The molecule has 0 aliphatic heterocycles. The average Bonchev–Trinajstić information content (AvgIpc) is 2.15. The van der Waals surface area contributed by atoms with Crippen LogP contribution in [0.4, 0.5) is 5.69 Å². The number of hydrogen-bond donors (Lipinski definition) is 3. The summed E-state index contributed by atoms with van der Waals surface area (Å²) in [5, 5.41) is 10.5. The highest BCUT2D eigenvalue weighted by atomic mass is 16.3. The molecule has 4 heteroatoms. The fraction of sp³-hybridized carbons (Fsp3) is 0. The molecule has 0 unspecified atom stereocenters. The number of hydrogen-bond acceptors (Lipinski definition) is 3. The van der Waals surface area contributed by atoms with Crippen molar-refractivity contribution >= 4 is 16.5 Å². The van der Waals surface area contributed by atoms with Gasteiger partial charge in [-0.1, -0.05) is 18.2 Å². The lowest BCUT2D eigenvalue weighted by Crippen LogP contribution is -2.11. The van der Waals surface area contributed by atoms with Gasteiger partial charge in [0.15, 0.2) is 5.88 Å². The van der Waals surface area contributed by atoms with Crippen molar-refractivity contribution in [2.24, 2.45) is 0 Å². The summed E-state index contributed by atoms with van der Waals surface area (Å²) in [6.07, 6.45) is 0. The van der Waals surface area contributed by atoms with Crippen LogP contribution in [0, 0.1) is 0 Å². The Morgan fingerprint density at radius 3 is 2.54 bits per heavy atom. The molecular formula is C9H8N2O2. The maximum absolute atomic E-state index is 11.1. The Labute approximate surface area is 73.6 Å². The molecule has 2 aromatic rings. The lowest BCUT2D eigenvalue weighted by Gasteiger charge is -2.02. The van der Waals surface area contributed by atoms with Crippen molar-refractivity contribution in [2.45, 2.75) is 0 Å². The highest BCUT2D eigenvalue weighted by Gasteiger charge is 2.05. The highest BCUT2D eigenvalue weighted by molar-refractivity contribution is 5.95. The predicted octanol–water partition coefficient (Wildman–Crippen LogP) is 0.816. The van der Waals surface area contributed by atoms with E-state index in [2.05, 4.69) is 4.98 Å². The van der Waals surface area contributed by atoms with E-state index in [0.29, 0.717) is 10.8 Å². The van der Waals surface area contributed by atoms with E-state index >= 15 is 0 Å². The van der Waals surface area contributed by atoms with Gasteiger partial charge in [0.1, 0.15) is 5.69 Å². The van der Waals surface area contributed by atoms with Crippen molar-refractivity contribution in [3.05, 3.63) is 34.6 Å². The molecule has 4 N–H and O–H groups in total. The van der Waals surface area contributed by atoms with Gasteiger partial charge in [0.05, 0.1) is 0 Å². The number of aromatic amines is 1. The van der Waals surface area contributed by atoms with Crippen LogP contribution in [-0.2, 0) is 0 Å². The molecule has 0 bridgehead atoms. The quantitative estimate of drug-likeness (QED) is 0.555. The van der Waals surface area contributed by atoms with Crippen LogP contribution in [-0.4, -0.2) is 10.1 Å². The molecule has 0 aliphatic carbocycles. The van der Waals surface area contributed by atoms with Crippen LogP contribution in [0.5, 0.6) is 5.88 Å². The summed E-state index contributed by atoms with van der Waals surface area (Å²) in [7, 11) is 0. The molecule has 0 radical (unpaired) electrons. The van der Waals surface area contributed by atoms with Crippen molar-refractivity contribution in [3.63, 3.8) is 0 Å². The van der Waals surface area contributed by atoms with E-state index in [4.69, 9.17) is 5.73 Å². The second-order valence-electron chi connectivity index (χ2n) is 2.76. The van der Waals surface area contributed by atoms with Gasteiger partial charge >= 0.3 is 0 Å². The van der Waals surface area contributed by atoms with Crippen LogP contribution < -0.4 is 11.3 Å². The van der Waals surface area contributed by atoms with E-state index in [9.17, 15) is 9.90 Å². The van der Waals surface area contributed by atoms with Gasteiger partial charge in [0.25, 0.3) is 5.56 Å². The molecule has 0 aliphatic rings. The maximum Gasteiger partial charge on any atom is 0.274 e. The molecule has 0 saturated heterocycles. The largest absolute Gasteiger partial charge is 0.494 e. The van der Waals surface area contributed by atoms with Gasteiger partial charge in [-0.15, -0.1) is 0 Å². The molecular weight excluding hydrogens is 168 g/mol. The van der Waals surface area contributed by atoms with Gasteiger partial charge in [-0.05, 0) is 6.07 Å². The maximum atomic E-state index is 11.1. The van der Waals surface area contributed by atoms with E-state index < -0.39 is 5.56 Å². The minimum atomic E-state index is -0.462. The second kappa shape index (κ2) is 2.52. The van der Waals surface area contributed by atoms with Crippen molar-refractivity contribution in [2.75, 3.05) is 5.73 Å². The lowest BCUT2D eigenvalue weighted by atomic mass is 10.1. The summed E-state index contributed by atoms with van der Waals surface area (Å²) >= 11 is 0. The third-order valence-electron chi connectivity index (χ3n) is 1.95. The van der Waals surface area contributed by atoms with Crippen molar-refractivity contribution in [3.8, 4) is 5.88 Å². The van der Waals surface area contributed by atoms with Crippen LogP contribution in [0.2, 0.25) is 0 Å². The SMILES string of the molecule is Nc1c(=O)[nH]c(O)c2ccccc12. The highest BCUT2D eigenvalue weighted by Crippen LogP contribution is 2.23. The number of aromatic nitrogens is 1. The van der Waals surface area contributed by atoms with Crippen LogP contribution in [0.3, 0.4) is 0 Å². The monoisotopic (exact) mass is 176 g/mol. The molecule has 2 rings (SSSR count). The fourth-order valence-electron chi connectivity index (χ4n) is 1.29. The smallest absolute Gasteiger partial charge is 0.274 e. The zero-order valence-electron chi connectivity index (χ0n) is 6.74. The van der Waals surface area contributed by atoms with E-state index in [1.807, 2.05) is 0 Å². The third-order valence-corrected chi connectivity index (χ3v) is 1.95. The fourth-order valence-corrected chi connectivity index (χ4v) is 1.29. The number of nitrogens with two attached hydrogens (primary N) is 1. The van der Waals surface area contributed by atoms with Crippen molar-refractivity contribution in [1.82, 2.24) is 4.98 Å². The first-order valence-corrected chi connectivity index (χ1v) is 3.79. The Bertz CT molecular complexity index is 516. The van der Waals surface area contributed by atoms with Gasteiger partial charge in [-0.3, -0.25) is 9.78 Å². The zero-order valence-corrected chi connectivity index (χ0v) is 6.74. The summed E-state index contributed by atoms with van der Waals surface area (Å²) in [6.45, 7) is 0. The van der Waals surface area contributed by atoms with E-state index in [-0.39, 0.29) is 11.6 Å². The molecule has 0 atom stereocenters. The molecule has 13 heavy (non-hydrogen) atoms. The number of aromatic hydroxyl groups is 1. The normalized spacial score (nSPS) is 10.5. The predicted molar refractivity (Wildman–Crippen MR) is 50.6 cm³/mol. The molecule has 1 aromatic heterocycles. The number of fused-ring (bicyclic) bond motifs is 1. The van der Waals surface area contributed by atoms with Crippen molar-refractivity contribution in [1.29, 1.82) is 0 Å². The van der Waals surface area contributed by atoms with Gasteiger partial charge in [0.2, 0.25) is 0 Å². The Balaban J connectivity index is 3.06. The molecule has 1 heterocycles. The molecule has 0 amide bonds. The first-order valence-electron chi connectivity index (χ1n) is 3.79. The Kier molecular flexibility index (Phi) is 1.48. The molecule has 1 aromatic carbocycles. The standard InChI is InChI=1S/C9H8N2O2/c10-7-5-3-1-2-4-6(5)8(12)11-9(7)13/h1-4H,10H2,(H2,11,12,13). The van der Waals surface area contributed by atoms with Gasteiger partial charge < -0.3 is 10.8 Å². The summed E-state index contributed by atoms with van der Waals surface area (Å²) in [5.41, 5.74) is 5.20. The molecule has 4 nitrogen and oxygen atoms in total. The zero-order chi connectivity index (χ0) is 9.42. The first kappa shape index (κ1) is 7.67. The number of nitrogen functional groups attached to an aromatic ring is 1. The number of rotatable bonds is 0. The van der Waals surface area contributed by atoms with Crippen LogP contribution in [0.25, 0.3) is 10.8 Å². The summed E-state index contributed by atoms with van der Waals surface area (Å²) < 4.78 is 0. The number of nitrogens with one attached hydrogen (secondary N) is 1. The number of anilines is 1. The van der Waals surface area contributed by atoms with Gasteiger partial charge in [-0.2, -0.15) is 0 Å². The summed E-state index contributed by atoms with van der Waals surface area (Å²) in [6, 6.07) is 6.91. The third kappa shape index (κ3) is 1.03. The van der Waals surface area contributed by atoms with E-state index in [1.165, 1.54) is 0 Å². The van der Waals surface area contributed by atoms with Crippen molar-refractivity contribution < 1.29 is 5.11 Å². The molecule has 66 valence electrons. The topological polar surface area (TPSA) is 79.1 Å². The Hall–Kier alpha value is -1.97. The first-order chi connectivity index (χ1) is 6.20. The minimum absolute atomic E-state index is 0.133. The van der Waals surface area contributed by atoms with Crippen LogP contribution in [0.1, 0.15) is 0 Å². The molecule has 0 saturated carbocycles. The van der Waals surface area contributed by atoms with Crippen LogP contribution >= 0.6 is 0 Å². The Morgan fingerprint density at radius 1 is 1.23 bits per heavy atom. The van der Waals surface area contributed by atoms with E-state index in [1.54, 1.807) is 24.3 Å². The summed E-state index contributed by atoms with van der Waals surface area (Å²) in [4.78, 5) is 13.4. The second-order valence-corrected chi connectivity index (χ2v) is 2.76. The van der Waals surface area contributed by atoms with E-state index in [0.717, 1.165) is 0 Å². The Morgan fingerprint density at radius 2 is 1.85 bits per heavy atom. The molecule has 0 spiro atoms. The number of pyridine rings is 1.